The summed E-state index contributed by atoms with van der Waals surface area (Å²) in [5.41, 5.74) is 3.71. The molecule has 0 fully saturated rings. The highest BCUT2D eigenvalue weighted by molar-refractivity contribution is 6.30. The van der Waals surface area contributed by atoms with E-state index in [4.69, 9.17) is 16.3 Å². The van der Waals surface area contributed by atoms with Gasteiger partial charge in [0.25, 0.3) is 0 Å². The van der Waals surface area contributed by atoms with E-state index in [1.165, 1.54) is 0 Å². The van der Waals surface area contributed by atoms with E-state index in [9.17, 15) is 5.11 Å². The second kappa shape index (κ2) is 5.57. The zero-order valence-electron chi connectivity index (χ0n) is 10.4. The molecule has 0 aliphatic carbocycles. The molecule has 1 aromatic heterocycles. The van der Waals surface area contributed by atoms with Crippen LogP contribution in [0.25, 0.3) is 11.1 Å². The van der Waals surface area contributed by atoms with Crippen LogP contribution in [0.15, 0.2) is 30.5 Å². The van der Waals surface area contributed by atoms with Gasteiger partial charge in [-0.3, -0.25) is 0 Å². The van der Waals surface area contributed by atoms with Crippen LogP contribution in [0.5, 0.6) is 0 Å². The van der Waals surface area contributed by atoms with Crippen LogP contribution < -0.4 is 0 Å². The zero-order chi connectivity index (χ0) is 13.1. The van der Waals surface area contributed by atoms with Gasteiger partial charge in [-0.1, -0.05) is 23.7 Å². The average molecular weight is 266 g/mol. The molecule has 0 radical (unpaired) electrons. The fourth-order valence-corrected chi connectivity index (χ4v) is 2.10. The number of nitrogens with one attached hydrogen (secondary N) is 1. The van der Waals surface area contributed by atoms with E-state index in [-0.39, 0.29) is 0 Å². The van der Waals surface area contributed by atoms with Crippen LogP contribution in [0.3, 0.4) is 0 Å². The van der Waals surface area contributed by atoms with Crippen molar-refractivity contribution in [2.24, 2.45) is 0 Å². The molecule has 2 N–H and O–H groups in total. The van der Waals surface area contributed by atoms with Crippen LogP contribution in [-0.2, 0) is 4.74 Å². The number of halogens is 1. The molecule has 0 saturated heterocycles. The number of H-pyrrole nitrogens is 1. The molecule has 2 rings (SSSR count). The summed E-state index contributed by atoms with van der Waals surface area (Å²) in [6, 6.07) is 7.53. The molecule has 0 spiro atoms. The van der Waals surface area contributed by atoms with Gasteiger partial charge in [0.05, 0.1) is 5.69 Å². The second-order valence-corrected chi connectivity index (χ2v) is 4.51. The molecule has 2 aromatic rings. The fourth-order valence-electron chi connectivity index (χ4n) is 1.98. The summed E-state index contributed by atoms with van der Waals surface area (Å²) in [6.07, 6.45) is 0.927. The summed E-state index contributed by atoms with van der Waals surface area (Å²) in [4.78, 5) is 3.06. The highest BCUT2D eigenvalue weighted by atomic mass is 35.5. The highest BCUT2D eigenvalue weighted by Crippen LogP contribution is 2.32. The van der Waals surface area contributed by atoms with Gasteiger partial charge in [0, 0.05) is 23.4 Å². The van der Waals surface area contributed by atoms with Gasteiger partial charge in [0.2, 0.25) is 0 Å². The van der Waals surface area contributed by atoms with Gasteiger partial charge in [-0.15, -0.1) is 0 Å². The van der Waals surface area contributed by atoms with E-state index in [1.807, 2.05) is 44.3 Å². The first kappa shape index (κ1) is 13.1. The maximum absolute atomic E-state index is 9.95. The third-order valence-corrected chi connectivity index (χ3v) is 3.06. The lowest BCUT2D eigenvalue weighted by atomic mass is 10.0. The SMILES string of the molecule is CCOC(O)c1[nH]cc(C)c1-c1ccc(Cl)cc1. The molecular formula is C14H16ClNO2. The number of rotatable bonds is 4. The van der Waals surface area contributed by atoms with Gasteiger partial charge in [0.1, 0.15) is 0 Å². The van der Waals surface area contributed by atoms with Gasteiger partial charge < -0.3 is 14.8 Å². The number of aliphatic hydroxyl groups is 1. The second-order valence-electron chi connectivity index (χ2n) is 4.07. The summed E-state index contributed by atoms with van der Waals surface area (Å²) in [5, 5.41) is 10.6. The molecule has 1 unspecified atom stereocenters. The van der Waals surface area contributed by atoms with Crippen LogP contribution in [0, 0.1) is 6.92 Å². The molecule has 1 atom stereocenters. The van der Waals surface area contributed by atoms with Crippen LogP contribution >= 0.6 is 11.6 Å². The molecule has 3 nitrogen and oxygen atoms in total. The van der Waals surface area contributed by atoms with Gasteiger partial charge in [-0.05, 0) is 37.1 Å². The van der Waals surface area contributed by atoms with E-state index in [0.29, 0.717) is 17.3 Å². The zero-order valence-corrected chi connectivity index (χ0v) is 11.2. The summed E-state index contributed by atoms with van der Waals surface area (Å²) in [5.74, 6) is 0. The van der Waals surface area contributed by atoms with Crippen LogP contribution in [-0.4, -0.2) is 16.7 Å². The largest absolute Gasteiger partial charge is 0.363 e. The maximum atomic E-state index is 9.95. The first-order valence-electron chi connectivity index (χ1n) is 5.87. The Morgan fingerprint density at radius 2 is 2.00 bits per heavy atom. The average Bonchev–Trinajstić information content (AvgIpc) is 2.73. The molecule has 96 valence electrons. The number of aryl methyl sites for hydroxylation is 1. The molecule has 1 heterocycles. The first-order valence-corrected chi connectivity index (χ1v) is 6.24. The minimum absolute atomic E-state index is 0.458. The summed E-state index contributed by atoms with van der Waals surface area (Å²) < 4.78 is 5.23. The van der Waals surface area contributed by atoms with Crippen molar-refractivity contribution in [3.8, 4) is 11.1 Å². The Balaban J connectivity index is 2.43. The molecule has 4 heteroatoms. The monoisotopic (exact) mass is 265 g/mol. The van der Waals surface area contributed by atoms with E-state index in [2.05, 4.69) is 4.98 Å². The van der Waals surface area contributed by atoms with Gasteiger partial charge in [-0.25, -0.2) is 0 Å². The van der Waals surface area contributed by atoms with Gasteiger partial charge >= 0.3 is 0 Å². The third kappa shape index (κ3) is 2.58. The predicted molar refractivity (Wildman–Crippen MR) is 72.6 cm³/mol. The Labute approximate surface area is 111 Å². The van der Waals surface area contributed by atoms with Crippen molar-refractivity contribution in [3.05, 3.63) is 46.7 Å². The predicted octanol–water partition coefficient (Wildman–Crippen LogP) is 3.67. The fraction of sp³-hybridized carbons (Fsp3) is 0.286. The van der Waals surface area contributed by atoms with E-state index in [0.717, 1.165) is 16.7 Å². The number of aliphatic hydroxyl groups excluding tert-OH is 1. The number of aromatic amines is 1. The highest BCUT2D eigenvalue weighted by Gasteiger charge is 2.17. The molecule has 18 heavy (non-hydrogen) atoms. The number of benzene rings is 1. The maximum Gasteiger partial charge on any atom is 0.196 e. The van der Waals surface area contributed by atoms with Crippen LogP contribution in [0.4, 0.5) is 0 Å². The van der Waals surface area contributed by atoms with E-state index in [1.54, 1.807) is 0 Å². The molecule has 0 amide bonds. The standard InChI is InChI=1S/C14H16ClNO2/c1-3-18-14(17)13-12(9(2)8-16-13)10-4-6-11(15)7-5-10/h4-8,14,16-17H,3H2,1-2H3. The van der Waals surface area contributed by atoms with Crippen molar-refractivity contribution in [3.63, 3.8) is 0 Å². The number of ether oxygens (including phenoxy) is 1. The van der Waals surface area contributed by atoms with Crippen molar-refractivity contribution in [1.29, 1.82) is 0 Å². The van der Waals surface area contributed by atoms with E-state index >= 15 is 0 Å². The Hall–Kier alpha value is -1.29. The van der Waals surface area contributed by atoms with Crippen molar-refractivity contribution in [2.75, 3.05) is 6.61 Å². The smallest absolute Gasteiger partial charge is 0.196 e. The molecule has 1 aromatic carbocycles. The van der Waals surface area contributed by atoms with Gasteiger partial charge in [0.15, 0.2) is 6.29 Å². The number of aromatic nitrogens is 1. The van der Waals surface area contributed by atoms with E-state index < -0.39 is 6.29 Å². The summed E-state index contributed by atoms with van der Waals surface area (Å²) >= 11 is 5.88. The lowest BCUT2D eigenvalue weighted by molar-refractivity contribution is -0.1000. The van der Waals surface area contributed by atoms with Crippen LogP contribution in [0.1, 0.15) is 24.5 Å². The molecule has 0 saturated carbocycles. The summed E-state index contributed by atoms with van der Waals surface area (Å²) in [6.45, 7) is 4.29. The minimum Gasteiger partial charge on any atom is -0.363 e. The van der Waals surface area contributed by atoms with Crippen molar-refractivity contribution < 1.29 is 9.84 Å². The lowest BCUT2D eigenvalue weighted by Gasteiger charge is -2.12. The number of hydrogen-bond donors (Lipinski definition) is 2. The van der Waals surface area contributed by atoms with Crippen molar-refractivity contribution >= 4 is 11.6 Å². The molecule has 0 bridgehead atoms. The molecule has 0 aliphatic rings. The van der Waals surface area contributed by atoms with Crippen molar-refractivity contribution in [1.82, 2.24) is 4.98 Å². The third-order valence-electron chi connectivity index (χ3n) is 2.81. The topological polar surface area (TPSA) is 45.2 Å². The Kier molecular flexibility index (Phi) is 4.07. The minimum atomic E-state index is -0.936. The van der Waals surface area contributed by atoms with Crippen LogP contribution in [0.2, 0.25) is 5.02 Å². The Bertz CT molecular complexity index is 519. The Morgan fingerprint density at radius 3 is 2.61 bits per heavy atom. The first-order chi connectivity index (χ1) is 8.63. The lowest BCUT2D eigenvalue weighted by Crippen LogP contribution is -2.04. The molecular weight excluding hydrogens is 250 g/mol. The van der Waals surface area contributed by atoms with Gasteiger partial charge in [-0.2, -0.15) is 0 Å². The quantitative estimate of drug-likeness (QED) is 0.829. The van der Waals surface area contributed by atoms with Crippen molar-refractivity contribution in [2.45, 2.75) is 20.1 Å². The number of hydrogen-bond acceptors (Lipinski definition) is 2. The summed E-state index contributed by atoms with van der Waals surface area (Å²) in [7, 11) is 0. The Morgan fingerprint density at radius 1 is 1.33 bits per heavy atom. The normalized spacial score (nSPS) is 12.7. The molecule has 0 aliphatic heterocycles.